The Kier molecular flexibility index (Phi) is 8.39. The van der Waals surface area contributed by atoms with Gasteiger partial charge in [-0.25, -0.2) is 0 Å². The molecule has 8 heteroatoms. The lowest BCUT2D eigenvalue weighted by atomic mass is 10.1. The Morgan fingerprint density at radius 1 is 1.11 bits per heavy atom. The molecule has 1 aromatic heterocycles. The number of carbonyl (C=O) groups is 2. The number of nitrogens with one attached hydrogen (secondary N) is 1. The Balaban J connectivity index is 1.50. The molecule has 1 atom stereocenters. The average molecular weight is 494 g/mol. The fourth-order valence-electron chi connectivity index (χ4n) is 4.10. The Bertz CT molecular complexity index is 1110. The highest BCUT2D eigenvalue weighted by atomic mass is 32.1. The Morgan fingerprint density at radius 2 is 1.94 bits per heavy atom. The van der Waals surface area contributed by atoms with Crippen molar-refractivity contribution < 1.29 is 19.1 Å². The van der Waals surface area contributed by atoms with Gasteiger partial charge in [0.25, 0.3) is 11.8 Å². The van der Waals surface area contributed by atoms with Crippen LogP contribution in [0, 0.1) is 0 Å². The van der Waals surface area contributed by atoms with E-state index in [1.54, 1.807) is 0 Å². The number of benzene rings is 2. The van der Waals surface area contributed by atoms with Gasteiger partial charge in [0, 0.05) is 45.2 Å². The third kappa shape index (κ3) is 6.83. The van der Waals surface area contributed by atoms with E-state index < -0.39 is 0 Å². The molecule has 0 bridgehead atoms. The molecule has 2 aromatic carbocycles. The lowest BCUT2D eigenvalue weighted by Gasteiger charge is -2.28. The fraction of sp³-hybridized carbons (Fsp3) is 0.333. The predicted molar refractivity (Wildman–Crippen MR) is 139 cm³/mol. The van der Waals surface area contributed by atoms with Gasteiger partial charge in [0.05, 0.1) is 11.0 Å². The molecule has 0 unspecified atom stereocenters. The summed E-state index contributed by atoms with van der Waals surface area (Å²) in [5.41, 5.74) is 2.59. The molecule has 184 valence electrons. The predicted octanol–water partition coefficient (Wildman–Crippen LogP) is 4.65. The highest BCUT2D eigenvalue weighted by molar-refractivity contribution is 7.12. The molecule has 2 heterocycles. The molecule has 7 nitrogen and oxygen atoms in total. The molecular formula is C27H31N3O4S. The molecule has 0 aliphatic carbocycles. The summed E-state index contributed by atoms with van der Waals surface area (Å²) in [6.07, 6.45) is 2.01. The van der Waals surface area contributed by atoms with Crippen molar-refractivity contribution in [1.29, 1.82) is 0 Å². The van der Waals surface area contributed by atoms with E-state index >= 15 is 0 Å². The number of thiophene rings is 1. The molecule has 1 N–H and O–H groups in total. The van der Waals surface area contributed by atoms with E-state index in [1.807, 2.05) is 89.9 Å². The van der Waals surface area contributed by atoms with Crippen LogP contribution in [0.3, 0.4) is 0 Å². The topological polar surface area (TPSA) is 71.1 Å². The normalized spacial score (nSPS) is 15.0. The van der Waals surface area contributed by atoms with Crippen molar-refractivity contribution in [3.8, 4) is 5.75 Å². The molecule has 0 spiro atoms. The van der Waals surface area contributed by atoms with Gasteiger partial charge in [0.1, 0.15) is 5.75 Å². The van der Waals surface area contributed by atoms with E-state index in [0.717, 1.165) is 30.7 Å². The van der Waals surface area contributed by atoms with Gasteiger partial charge in [-0.05, 0) is 60.2 Å². The Morgan fingerprint density at radius 3 is 2.63 bits per heavy atom. The van der Waals surface area contributed by atoms with Crippen molar-refractivity contribution in [3.63, 3.8) is 0 Å². The number of ether oxygens (including phenoxy) is 2. The second-order valence-electron chi connectivity index (χ2n) is 8.69. The zero-order valence-electron chi connectivity index (χ0n) is 20.1. The quantitative estimate of drug-likeness (QED) is 0.445. The number of nitrogens with zero attached hydrogens (tertiary/aromatic N) is 2. The fourth-order valence-corrected chi connectivity index (χ4v) is 4.79. The Labute approximate surface area is 210 Å². The average Bonchev–Trinajstić information content (AvgIpc) is 3.57. The SMILES string of the molecule is CN(C)c1ccc(NC(=O)COc2ccccc2)cc1CN(C[C@@H]1CCCO1)C(=O)c1cccs1. The van der Waals surface area contributed by atoms with Crippen molar-refractivity contribution in [2.24, 2.45) is 0 Å². The van der Waals surface area contributed by atoms with Crippen LogP contribution in [-0.4, -0.2) is 56.7 Å². The van der Waals surface area contributed by atoms with Crippen LogP contribution in [0.1, 0.15) is 28.1 Å². The van der Waals surface area contributed by atoms with E-state index in [-0.39, 0.29) is 24.5 Å². The van der Waals surface area contributed by atoms with E-state index in [2.05, 4.69) is 5.32 Å². The summed E-state index contributed by atoms with van der Waals surface area (Å²) in [7, 11) is 3.94. The maximum absolute atomic E-state index is 13.3. The van der Waals surface area contributed by atoms with Crippen LogP contribution in [0.4, 0.5) is 11.4 Å². The first-order valence-electron chi connectivity index (χ1n) is 11.7. The van der Waals surface area contributed by atoms with E-state index in [1.165, 1.54) is 11.3 Å². The summed E-state index contributed by atoms with van der Waals surface area (Å²) < 4.78 is 11.4. The molecule has 35 heavy (non-hydrogen) atoms. The first kappa shape index (κ1) is 24.8. The highest BCUT2D eigenvalue weighted by Gasteiger charge is 2.25. The maximum Gasteiger partial charge on any atom is 0.264 e. The summed E-state index contributed by atoms with van der Waals surface area (Å²) in [6, 6.07) is 18.7. The van der Waals surface area contributed by atoms with Crippen molar-refractivity contribution in [2.45, 2.75) is 25.5 Å². The van der Waals surface area contributed by atoms with E-state index in [4.69, 9.17) is 9.47 Å². The number of hydrogen-bond acceptors (Lipinski definition) is 6. The minimum absolute atomic E-state index is 0.00842. The summed E-state index contributed by atoms with van der Waals surface area (Å²) in [5.74, 6) is 0.386. The van der Waals surface area contributed by atoms with Gasteiger partial charge in [0.2, 0.25) is 0 Å². The summed E-state index contributed by atoms with van der Waals surface area (Å²) in [5, 5.41) is 4.83. The lowest BCUT2D eigenvalue weighted by Crippen LogP contribution is -2.37. The summed E-state index contributed by atoms with van der Waals surface area (Å²) in [4.78, 5) is 30.4. The molecule has 0 radical (unpaired) electrons. The maximum atomic E-state index is 13.3. The van der Waals surface area contributed by atoms with Crippen LogP contribution in [-0.2, 0) is 16.1 Å². The zero-order valence-corrected chi connectivity index (χ0v) is 20.9. The van der Waals surface area contributed by atoms with Gasteiger partial charge >= 0.3 is 0 Å². The van der Waals surface area contributed by atoms with E-state index in [9.17, 15) is 9.59 Å². The van der Waals surface area contributed by atoms with Crippen LogP contribution in [0.15, 0.2) is 66.0 Å². The van der Waals surface area contributed by atoms with Crippen molar-refractivity contribution in [3.05, 3.63) is 76.5 Å². The molecule has 3 aromatic rings. The van der Waals surface area contributed by atoms with Crippen molar-refractivity contribution in [2.75, 3.05) is 44.1 Å². The van der Waals surface area contributed by atoms with Crippen LogP contribution >= 0.6 is 11.3 Å². The Hall–Kier alpha value is -3.36. The summed E-state index contributed by atoms with van der Waals surface area (Å²) in [6.45, 7) is 1.59. The number of carbonyl (C=O) groups excluding carboxylic acids is 2. The van der Waals surface area contributed by atoms with Crippen LogP contribution in [0.25, 0.3) is 0 Å². The molecule has 1 aliphatic rings. The van der Waals surface area contributed by atoms with Gasteiger partial charge in [-0.3, -0.25) is 9.59 Å². The third-order valence-electron chi connectivity index (χ3n) is 5.79. The summed E-state index contributed by atoms with van der Waals surface area (Å²) >= 11 is 1.44. The molecule has 1 aliphatic heterocycles. The monoisotopic (exact) mass is 493 g/mol. The van der Waals surface area contributed by atoms with Crippen molar-refractivity contribution in [1.82, 2.24) is 4.90 Å². The molecule has 0 saturated carbocycles. The number of rotatable bonds is 10. The van der Waals surface area contributed by atoms with Crippen LogP contribution in [0.2, 0.25) is 0 Å². The van der Waals surface area contributed by atoms with Crippen LogP contribution in [0.5, 0.6) is 5.75 Å². The second kappa shape index (κ2) is 11.9. The highest BCUT2D eigenvalue weighted by Crippen LogP contribution is 2.27. The third-order valence-corrected chi connectivity index (χ3v) is 6.64. The molecule has 1 fully saturated rings. The first-order chi connectivity index (χ1) is 17.0. The minimum atomic E-state index is -0.247. The van der Waals surface area contributed by atoms with Crippen molar-refractivity contribution >= 4 is 34.5 Å². The van der Waals surface area contributed by atoms with Gasteiger partial charge < -0.3 is 24.6 Å². The lowest BCUT2D eigenvalue weighted by molar-refractivity contribution is -0.118. The number of hydrogen-bond donors (Lipinski definition) is 1. The van der Waals surface area contributed by atoms with Crippen LogP contribution < -0.4 is 15.0 Å². The number of para-hydroxylation sites is 1. The smallest absolute Gasteiger partial charge is 0.264 e. The van der Waals surface area contributed by atoms with Gasteiger partial charge in [-0.2, -0.15) is 0 Å². The largest absolute Gasteiger partial charge is 0.484 e. The molecule has 1 saturated heterocycles. The second-order valence-corrected chi connectivity index (χ2v) is 9.63. The van der Waals surface area contributed by atoms with Gasteiger partial charge in [-0.1, -0.05) is 24.3 Å². The first-order valence-corrected chi connectivity index (χ1v) is 12.6. The van der Waals surface area contributed by atoms with Gasteiger partial charge in [-0.15, -0.1) is 11.3 Å². The minimum Gasteiger partial charge on any atom is -0.484 e. The zero-order chi connectivity index (χ0) is 24.6. The van der Waals surface area contributed by atoms with Gasteiger partial charge in [0.15, 0.2) is 6.61 Å². The van der Waals surface area contributed by atoms with E-state index in [0.29, 0.717) is 29.4 Å². The number of anilines is 2. The molecular weight excluding hydrogens is 462 g/mol. The molecule has 4 rings (SSSR count). The standard InChI is InChI=1S/C27H31N3O4S/c1-29(2)24-13-12-21(28-26(31)19-34-22-8-4-3-5-9-22)16-20(24)17-30(18-23-10-6-14-33-23)27(32)25-11-7-15-35-25/h3-5,7-9,11-13,15-16,23H,6,10,14,17-19H2,1-2H3,(H,28,31)/t23-/m0/s1. The molecule has 2 amide bonds. The number of amides is 2.